The topological polar surface area (TPSA) is 177 Å². The molecule has 0 aliphatic rings. The summed E-state index contributed by atoms with van der Waals surface area (Å²) in [5.74, 6) is -0.474. The summed E-state index contributed by atoms with van der Waals surface area (Å²) in [5, 5.41) is 24.1. The highest BCUT2D eigenvalue weighted by molar-refractivity contribution is 5.95. The van der Waals surface area contributed by atoms with Crippen LogP contribution in [0.5, 0.6) is 11.5 Å². The van der Waals surface area contributed by atoms with Gasteiger partial charge in [-0.1, -0.05) is 0 Å². The Morgan fingerprint density at radius 1 is 1.27 bits per heavy atom. The minimum atomic E-state index is -1.02. The van der Waals surface area contributed by atoms with Gasteiger partial charge in [-0.25, -0.2) is 19.2 Å². The number of methoxy groups -OCH3 is 1. The number of nitrogens with one attached hydrogen (secondary N) is 3. The Kier molecular flexibility index (Phi) is 7.74. The molecule has 4 aromatic rings. The van der Waals surface area contributed by atoms with Crippen LogP contribution in [-0.2, 0) is 0 Å². The Labute approximate surface area is 210 Å². The van der Waals surface area contributed by atoms with Crippen LogP contribution in [0.25, 0.3) is 5.95 Å². The zero-order valence-electron chi connectivity index (χ0n) is 19.8. The Morgan fingerprint density at radius 2 is 2.00 bits per heavy atom. The number of benzene rings is 2. The van der Waals surface area contributed by atoms with Crippen LogP contribution in [0, 0.1) is 11.2 Å². The van der Waals surface area contributed by atoms with Crippen molar-refractivity contribution in [3.05, 3.63) is 88.1 Å². The van der Waals surface area contributed by atoms with Gasteiger partial charge in [0.2, 0.25) is 0 Å². The predicted octanol–water partition coefficient (Wildman–Crippen LogP) is 1.75. The fourth-order valence-electron chi connectivity index (χ4n) is 3.49. The van der Waals surface area contributed by atoms with Gasteiger partial charge in [0.25, 0.3) is 5.95 Å². The SMILES string of the molecule is COc1cc(OCCCO)c(F)c([C@H](Nc2ccc(C(=N)N)cc2)c2nn(-c3ncccn3)c(=O)[nH]2)c1. The van der Waals surface area contributed by atoms with Crippen LogP contribution in [0.1, 0.15) is 29.4 Å². The van der Waals surface area contributed by atoms with Gasteiger partial charge in [0, 0.05) is 48.3 Å². The monoisotopic (exact) mass is 508 g/mol. The maximum Gasteiger partial charge on any atom is 0.350 e. The summed E-state index contributed by atoms with van der Waals surface area (Å²) in [4.78, 5) is 23.5. The molecule has 0 bridgehead atoms. The molecule has 0 amide bonds. The standard InChI is InChI=1S/C24H25FN8O4/c1-36-16-12-17(19(25)18(13-16)37-11-3-10-34)20(30-15-6-4-14(5-7-15)21(26)27)22-31-24(35)33(32-22)23-28-8-2-9-29-23/h2,4-9,12-13,20,30,34H,3,10-11H2,1H3,(H3,26,27)(H,31,32,35)/t20-/m0/s1. The van der Waals surface area contributed by atoms with E-state index in [-0.39, 0.29) is 42.1 Å². The summed E-state index contributed by atoms with van der Waals surface area (Å²) in [6.07, 6.45) is 3.24. The van der Waals surface area contributed by atoms with Crippen molar-refractivity contribution >= 4 is 11.5 Å². The van der Waals surface area contributed by atoms with Crippen LogP contribution in [0.3, 0.4) is 0 Å². The third-order valence-electron chi connectivity index (χ3n) is 5.30. The second kappa shape index (κ2) is 11.3. The first-order valence-corrected chi connectivity index (χ1v) is 11.2. The zero-order chi connectivity index (χ0) is 26.4. The molecular formula is C24H25FN8O4. The lowest BCUT2D eigenvalue weighted by molar-refractivity contribution is 0.227. The minimum absolute atomic E-state index is 0.0405. The Balaban J connectivity index is 1.82. The molecule has 0 spiro atoms. The van der Waals surface area contributed by atoms with Crippen molar-refractivity contribution in [3.63, 3.8) is 0 Å². The molecule has 2 aromatic carbocycles. The number of H-pyrrole nitrogens is 1. The van der Waals surface area contributed by atoms with Crippen molar-refractivity contribution in [2.24, 2.45) is 5.73 Å². The number of halogens is 1. The summed E-state index contributed by atoms with van der Waals surface area (Å²) >= 11 is 0. The maximum atomic E-state index is 15.8. The molecule has 6 N–H and O–H groups in total. The molecule has 0 aliphatic heterocycles. The summed E-state index contributed by atoms with van der Waals surface area (Å²) in [7, 11) is 1.43. The van der Waals surface area contributed by atoms with Crippen LogP contribution in [0.15, 0.2) is 59.7 Å². The van der Waals surface area contributed by atoms with Crippen molar-refractivity contribution < 1.29 is 19.0 Å². The molecule has 37 heavy (non-hydrogen) atoms. The molecule has 1 atom stereocenters. The van der Waals surface area contributed by atoms with E-state index in [1.54, 1.807) is 30.3 Å². The van der Waals surface area contributed by atoms with Crippen molar-refractivity contribution in [2.75, 3.05) is 25.6 Å². The molecule has 2 heterocycles. The highest BCUT2D eigenvalue weighted by Crippen LogP contribution is 2.35. The quantitative estimate of drug-likeness (QED) is 0.115. The molecule has 2 aromatic heterocycles. The van der Waals surface area contributed by atoms with Gasteiger partial charge in [-0.05, 0) is 36.4 Å². The molecular weight excluding hydrogens is 483 g/mol. The number of amidine groups is 1. The molecule has 0 saturated carbocycles. The molecule has 13 heteroatoms. The summed E-state index contributed by atoms with van der Waals surface area (Å²) in [6.45, 7) is -0.0272. The van der Waals surface area contributed by atoms with Crippen molar-refractivity contribution in [2.45, 2.75) is 12.5 Å². The van der Waals surface area contributed by atoms with E-state index in [0.29, 0.717) is 23.4 Å². The third-order valence-corrected chi connectivity index (χ3v) is 5.30. The van der Waals surface area contributed by atoms with Crippen LogP contribution in [-0.4, -0.2) is 56.0 Å². The number of anilines is 1. The predicted molar refractivity (Wildman–Crippen MR) is 133 cm³/mol. The van der Waals surface area contributed by atoms with Gasteiger partial charge in [0.15, 0.2) is 17.4 Å². The number of aliphatic hydroxyl groups excluding tert-OH is 1. The Morgan fingerprint density at radius 3 is 2.65 bits per heavy atom. The number of aliphatic hydroxyl groups is 1. The molecule has 12 nitrogen and oxygen atoms in total. The largest absolute Gasteiger partial charge is 0.497 e. The normalized spacial score (nSPS) is 11.6. The van der Waals surface area contributed by atoms with Gasteiger partial charge in [-0.2, -0.15) is 0 Å². The van der Waals surface area contributed by atoms with Gasteiger partial charge in [0.05, 0.1) is 13.7 Å². The number of nitrogen functional groups attached to an aromatic ring is 1. The van der Waals surface area contributed by atoms with Crippen LogP contribution in [0.4, 0.5) is 10.1 Å². The highest BCUT2D eigenvalue weighted by atomic mass is 19.1. The Bertz CT molecular complexity index is 1420. The molecule has 0 saturated heterocycles. The smallest absolute Gasteiger partial charge is 0.350 e. The molecule has 4 rings (SSSR count). The highest BCUT2D eigenvalue weighted by Gasteiger charge is 2.27. The lowest BCUT2D eigenvalue weighted by atomic mass is 10.0. The van der Waals surface area contributed by atoms with Crippen molar-refractivity contribution in [1.82, 2.24) is 24.7 Å². The van der Waals surface area contributed by atoms with E-state index in [2.05, 4.69) is 25.4 Å². The molecule has 192 valence electrons. The fourth-order valence-corrected chi connectivity index (χ4v) is 3.49. The van der Waals surface area contributed by atoms with Crippen molar-refractivity contribution in [3.8, 4) is 17.4 Å². The lowest BCUT2D eigenvalue weighted by Gasteiger charge is -2.21. The number of hydrogen-bond acceptors (Lipinski definition) is 9. The molecule has 0 fully saturated rings. The first kappa shape index (κ1) is 25.3. The number of nitrogens with zero attached hydrogens (tertiary/aromatic N) is 4. The van der Waals surface area contributed by atoms with E-state index < -0.39 is 17.5 Å². The first-order chi connectivity index (χ1) is 17.9. The molecule has 0 aliphatic carbocycles. The average molecular weight is 509 g/mol. The van der Waals surface area contributed by atoms with E-state index >= 15 is 4.39 Å². The van der Waals surface area contributed by atoms with Gasteiger partial charge in [-0.3, -0.25) is 10.4 Å². The number of ether oxygens (including phenoxy) is 2. The minimum Gasteiger partial charge on any atom is -0.497 e. The molecule has 0 radical (unpaired) electrons. The zero-order valence-corrected chi connectivity index (χ0v) is 19.8. The van der Waals surface area contributed by atoms with Crippen LogP contribution >= 0.6 is 0 Å². The number of nitrogens with two attached hydrogens (primary N) is 1. The van der Waals surface area contributed by atoms with Gasteiger partial charge < -0.3 is 25.6 Å². The third kappa shape index (κ3) is 5.73. The van der Waals surface area contributed by atoms with Crippen molar-refractivity contribution in [1.29, 1.82) is 5.41 Å². The van der Waals surface area contributed by atoms with E-state index in [4.69, 9.17) is 25.7 Å². The van der Waals surface area contributed by atoms with Gasteiger partial charge in [-0.15, -0.1) is 9.78 Å². The van der Waals surface area contributed by atoms with E-state index in [1.165, 1.54) is 31.6 Å². The summed E-state index contributed by atoms with van der Waals surface area (Å²) in [5.41, 5.74) is 6.04. The number of rotatable bonds is 11. The second-order valence-electron chi connectivity index (χ2n) is 7.80. The lowest BCUT2D eigenvalue weighted by Crippen LogP contribution is -2.18. The van der Waals surface area contributed by atoms with Gasteiger partial charge in [0.1, 0.15) is 17.6 Å². The number of aromatic amines is 1. The first-order valence-electron chi connectivity index (χ1n) is 11.2. The van der Waals surface area contributed by atoms with E-state index in [9.17, 15) is 4.79 Å². The van der Waals surface area contributed by atoms with Crippen LogP contribution in [0.2, 0.25) is 0 Å². The second-order valence-corrected chi connectivity index (χ2v) is 7.80. The number of hydrogen-bond donors (Lipinski definition) is 5. The summed E-state index contributed by atoms with van der Waals surface area (Å²) in [6, 6.07) is 10.0. The van der Waals surface area contributed by atoms with E-state index in [0.717, 1.165) is 4.68 Å². The van der Waals surface area contributed by atoms with E-state index in [1.807, 2.05) is 0 Å². The maximum absolute atomic E-state index is 15.8. The fraction of sp³-hybridized carbons (Fsp3) is 0.208. The summed E-state index contributed by atoms with van der Waals surface area (Å²) < 4.78 is 27.6. The van der Waals surface area contributed by atoms with Crippen LogP contribution < -0.4 is 26.2 Å². The Hall–Kier alpha value is -4.78. The molecule has 0 unspecified atom stereocenters. The number of aromatic nitrogens is 5. The van der Waals surface area contributed by atoms with Gasteiger partial charge >= 0.3 is 5.69 Å². The average Bonchev–Trinajstić information content (AvgIpc) is 3.30.